The molecule has 83 valence electrons. The van der Waals surface area contributed by atoms with Gasteiger partial charge >= 0.3 is 0 Å². The molecule has 1 aromatic carbocycles. The van der Waals surface area contributed by atoms with Crippen LogP contribution in [0.2, 0.25) is 0 Å². The van der Waals surface area contributed by atoms with Crippen LogP contribution >= 0.6 is 0 Å². The van der Waals surface area contributed by atoms with Crippen molar-refractivity contribution in [1.29, 1.82) is 0 Å². The predicted octanol–water partition coefficient (Wildman–Crippen LogP) is 4.00. The molecule has 1 radical (unpaired) electrons. The highest BCUT2D eigenvalue weighted by Crippen LogP contribution is 2.30. The molecule has 0 fully saturated rings. The van der Waals surface area contributed by atoms with Gasteiger partial charge in [-0.25, -0.2) is 0 Å². The predicted molar refractivity (Wildman–Crippen MR) is 65.3 cm³/mol. The van der Waals surface area contributed by atoms with Gasteiger partial charge in [-0.15, -0.1) is 0 Å². The van der Waals surface area contributed by atoms with Crippen LogP contribution in [0.25, 0.3) is 0 Å². The van der Waals surface area contributed by atoms with Gasteiger partial charge < -0.3 is 4.74 Å². The molecule has 1 rings (SSSR count). The van der Waals surface area contributed by atoms with Gasteiger partial charge in [0.2, 0.25) is 0 Å². The van der Waals surface area contributed by atoms with Crippen molar-refractivity contribution in [2.24, 2.45) is 0 Å². The van der Waals surface area contributed by atoms with Crippen LogP contribution in [-0.2, 0) is 6.42 Å². The van der Waals surface area contributed by atoms with Crippen molar-refractivity contribution < 1.29 is 4.74 Å². The van der Waals surface area contributed by atoms with Crippen LogP contribution < -0.4 is 4.74 Å². The van der Waals surface area contributed by atoms with Gasteiger partial charge in [-0.2, -0.15) is 0 Å². The van der Waals surface area contributed by atoms with E-state index in [2.05, 4.69) is 39.0 Å². The van der Waals surface area contributed by atoms with E-state index in [1.165, 1.54) is 17.0 Å². The molecular formula is C14H21O. The minimum atomic E-state index is 0.737. The number of aryl methyl sites for hydroxylation is 1. The van der Waals surface area contributed by atoms with E-state index in [0.29, 0.717) is 0 Å². The molecule has 0 aliphatic carbocycles. The largest absolute Gasteiger partial charge is 0.493 e. The van der Waals surface area contributed by atoms with Gasteiger partial charge in [0.05, 0.1) is 6.61 Å². The summed E-state index contributed by atoms with van der Waals surface area (Å²) >= 11 is 0. The summed E-state index contributed by atoms with van der Waals surface area (Å²) in [5.41, 5.74) is 2.58. The van der Waals surface area contributed by atoms with Gasteiger partial charge in [0.15, 0.2) is 0 Å². The molecule has 0 amide bonds. The van der Waals surface area contributed by atoms with E-state index in [4.69, 9.17) is 4.74 Å². The Labute approximate surface area is 93.5 Å². The lowest BCUT2D eigenvalue weighted by molar-refractivity contribution is 0.333. The molecule has 15 heavy (non-hydrogen) atoms. The number of rotatable bonds is 5. The van der Waals surface area contributed by atoms with E-state index in [0.717, 1.165) is 25.2 Å². The Balaban J connectivity index is 3.09. The van der Waals surface area contributed by atoms with E-state index in [1.807, 2.05) is 6.92 Å². The molecule has 1 heteroatoms. The Morgan fingerprint density at radius 1 is 1.20 bits per heavy atom. The first kappa shape index (κ1) is 12.1. The molecule has 1 aromatic rings. The third-order valence-electron chi connectivity index (χ3n) is 2.44. The van der Waals surface area contributed by atoms with E-state index < -0.39 is 0 Å². The second-order valence-corrected chi connectivity index (χ2v) is 3.98. The maximum atomic E-state index is 5.76. The molecule has 1 nitrogen and oxygen atoms in total. The molecular weight excluding hydrogens is 184 g/mol. The van der Waals surface area contributed by atoms with Gasteiger partial charge in [-0.05, 0) is 18.9 Å². The zero-order valence-corrected chi connectivity index (χ0v) is 10.3. The van der Waals surface area contributed by atoms with Crippen molar-refractivity contribution in [1.82, 2.24) is 0 Å². The normalized spacial score (nSPS) is 10.7. The lowest BCUT2D eigenvalue weighted by atomic mass is 9.97. The Hall–Kier alpha value is -0.980. The summed E-state index contributed by atoms with van der Waals surface area (Å²) in [5, 5.41) is 0. The standard InChI is InChI=1S/C14H21O/c1-5-8-12-9-7-10-13(11(3)4)14(12)15-6-2/h7,9-10H,5-6,8H2,1-4H3. The van der Waals surface area contributed by atoms with Gasteiger partial charge in [0.1, 0.15) is 5.75 Å². The highest BCUT2D eigenvalue weighted by molar-refractivity contribution is 5.47. The summed E-state index contributed by atoms with van der Waals surface area (Å²) in [4.78, 5) is 0. The average molecular weight is 205 g/mol. The van der Waals surface area contributed by atoms with Crippen molar-refractivity contribution in [2.75, 3.05) is 6.61 Å². The molecule has 0 aliphatic rings. The van der Waals surface area contributed by atoms with Crippen LogP contribution in [-0.4, -0.2) is 6.61 Å². The highest BCUT2D eigenvalue weighted by Gasteiger charge is 2.11. The van der Waals surface area contributed by atoms with Crippen molar-refractivity contribution >= 4 is 0 Å². The Kier molecular flexibility index (Phi) is 4.67. The Morgan fingerprint density at radius 3 is 2.47 bits per heavy atom. The Bertz CT molecular complexity index is 302. The highest BCUT2D eigenvalue weighted by atomic mass is 16.5. The minimum Gasteiger partial charge on any atom is -0.493 e. The fraction of sp³-hybridized carbons (Fsp3) is 0.500. The molecule has 0 spiro atoms. The van der Waals surface area contributed by atoms with Crippen LogP contribution in [0.1, 0.15) is 45.2 Å². The SMILES string of the molecule is CCCc1cccc([C](C)C)c1OCC. The van der Waals surface area contributed by atoms with E-state index in [-0.39, 0.29) is 0 Å². The van der Waals surface area contributed by atoms with Crippen LogP contribution in [0, 0.1) is 5.92 Å². The summed E-state index contributed by atoms with van der Waals surface area (Å²) in [5.74, 6) is 2.40. The summed E-state index contributed by atoms with van der Waals surface area (Å²) < 4.78 is 5.76. The maximum absolute atomic E-state index is 5.76. The third-order valence-corrected chi connectivity index (χ3v) is 2.44. The van der Waals surface area contributed by atoms with Crippen molar-refractivity contribution in [3.8, 4) is 5.75 Å². The lowest BCUT2D eigenvalue weighted by Crippen LogP contribution is -2.02. The van der Waals surface area contributed by atoms with E-state index in [1.54, 1.807) is 0 Å². The molecule has 0 atom stereocenters. The van der Waals surface area contributed by atoms with Crippen molar-refractivity contribution in [3.63, 3.8) is 0 Å². The maximum Gasteiger partial charge on any atom is 0.126 e. The first-order valence-electron chi connectivity index (χ1n) is 5.75. The third kappa shape index (κ3) is 2.98. The van der Waals surface area contributed by atoms with E-state index >= 15 is 0 Å². The number of ether oxygens (including phenoxy) is 1. The minimum absolute atomic E-state index is 0.737. The first-order valence-corrected chi connectivity index (χ1v) is 5.75. The fourth-order valence-corrected chi connectivity index (χ4v) is 1.76. The zero-order valence-electron chi connectivity index (χ0n) is 10.3. The van der Waals surface area contributed by atoms with Gasteiger partial charge in [0.25, 0.3) is 0 Å². The summed E-state index contributed by atoms with van der Waals surface area (Å²) in [6, 6.07) is 6.43. The Morgan fingerprint density at radius 2 is 1.93 bits per heavy atom. The van der Waals surface area contributed by atoms with Crippen molar-refractivity contribution in [3.05, 3.63) is 35.2 Å². The van der Waals surface area contributed by atoms with Crippen molar-refractivity contribution in [2.45, 2.75) is 40.5 Å². The first-order chi connectivity index (χ1) is 7.20. The molecule has 0 aromatic heterocycles. The zero-order chi connectivity index (χ0) is 11.3. The molecule has 0 N–H and O–H groups in total. The van der Waals surface area contributed by atoms with Crippen LogP contribution in [0.4, 0.5) is 0 Å². The van der Waals surface area contributed by atoms with Gasteiger partial charge in [0, 0.05) is 11.5 Å². The molecule has 0 saturated carbocycles. The summed E-state index contributed by atoms with van der Waals surface area (Å²) in [7, 11) is 0. The molecule has 0 bridgehead atoms. The summed E-state index contributed by atoms with van der Waals surface area (Å²) in [6.07, 6.45) is 2.25. The van der Waals surface area contributed by atoms with Gasteiger partial charge in [-0.3, -0.25) is 0 Å². The second kappa shape index (κ2) is 5.79. The van der Waals surface area contributed by atoms with E-state index in [9.17, 15) is 0 Å². The average Bonchev–Trinajstić information content (AvgIpc) is 2.21. The smallest absolute Gasteiger partial charge is 0.126 e. The fourth-order valence-electron chi connectivity index (χ4n) is 1.76. The van der Waals surface area contributed by atoms with Gasteiger partial charge in [-0.1, -0.05) is 45.4 Å². The van der Waals surface area contributed by atoms with Crippen LogP contribution in [0.15, 0.2) is 18.2 Å². The molecule has 0 aliphatic heterocycles. The van der Waals surface area contributed by atoms with Crippen LogP contribution in [0.3, 0.4) is 0 Å². The number of benzene rings is 1. The van der Waals surface area contributed by atoms with Crippen LogP contribution in [0.5, 0.6) is 5.75 Å². The quantitative estimate of drug-likeness (QED) is 0.706. The number of hydrogen-bond acceptors (Lipinski definition) is 1. The molecule has 0 heterocycles. The summed E-state index contributed by atoms with van der Waals surface area (Å²) in [6.45, 7) is 9.24. The number of para-hydroxylation sites is 1. The molecule has 0 unspecified atom stereocenters. The number of hydrogen-bond donors (Lipinski definition) is 0. The second-order valence-electron chi connectivity index (χ2n) is 3.98. The molecule has 0 saturated heterocycles. The topological polar surface area (TPSA) is 9.23 Å². The lowest BCUT2D eigenvalue weighted by Gasteiger charge is -2.16. The monoisotopic (exact) mass is 205 g/mol.